The molecule has 2 rings (SSSR count). The summed E-state index contributed by atoms with van der Waals surface area (Å²) in [7, 11) is 0. The van der Waals surface area contributed by atoms with Crippen molar-refractivity contribution in [2.45, 2.75) is 33.1 Å². The number of Topliss-reactive ketones (excluding diaryl/α,β-unsaturated/α-hetero) is 1. The van der Waals surface area contributed by atoms with Gasteiger partial charge in [0.1, 0.15) is 17.8 Å². The number of ketones is 1. The van der Waals surface area contributed by atoms with E-state index in [4.69, 9.17) is 21.4 Å². The largest absolute Gasteiger partial charge is 0.491 e. The van der Waals surface area contributed by atoms with E-state index in [1.807, 2.05) is 13.8 Å². The lowest BCUT2D eigenvalue weighted by molar-refractivity contribution is -0.147. The summed E-state index contributed by atoms with van der Waals surface area (Å²) in [6.45, 7) is 4.28. The van der Waals surface area contributed by atoms with Crippen LogP contribution in [0.2, 0.25) is 0 Å². The third-order valence-electron chi connectivity index (χ3n) is 4.52. The molecule has 1 amide bonds. The van der Waals surface area contributed by atoms with Crippen molar-refractivity contribution in [1.82, 2.24) is 5.32 Å². The maximum atomic E-state index is 12.9. The molecule has 0 saturated carbocycles. The normalized spacial score (nSPS) is 20.7. The van der Waals surface area contributed by atoms with Gasteiger partial charge in [-0.2, -0.15) is 0 Å². The van der Waals surface area contributed by atoms with Gasteiger partial charge in [0, 0.05) is 18.7 Å². The zero-order valence-corrected chi connectivity index (χ0v) is 15.1. The fourth-order valence-corrected chi connectivity index (χ4v) is 3.12. The molecule has 1 aromatic carbocycles. The average molecular weight is 362 g/mol. The fourth-order valence-electron chi connectivity index (χ4n) is 3.12. The van der Waals surface area contributed by atoms with Crippen LogP contribution in [0.25, 0.3) is 0 Å². The Morgan fingerprint density at radius 3 is 2.81 bits per heavy atom. The Labute approximate surface area is 152 Å². The summed E-state index contributed by atoms with van der Waals surface area (Å²) < 4.78 is 5.82. The summed E-state index contributed by atoms with van der Waals surface area (Å²) >= 11 is 0. The molecule has 8 nitrogen and oxygen atoms in total. The molecular formula is C18H26N4O4. The maximum Gasteiger partial charge on any atom is 0.237 e. The van der Waals surface area contributed by atoms with E-state index in [2.05, 4.69) is 10.5 Å². The number of carbonyl (C=O) groups is 2. The van der Waals surface area contributed by atoms with Crippen LogP contribution < -0.4 is 21.5 Å². The second-order valence-electron chi connectivity index (χ2n) is 6.96. The van der Waals surface area contributed by atoms with Gasteiger partial charge < -0.3 is 26.7 Å². The topological polar surface area (TPSA) is 140 Å². The second-order valence-corrected chi connectivity index (χ2v) is 6.96. The fraction of sp³-hybridized carbons (Fsp3) is 0.500. The van der Waals surface area contributed by atoms with Crippen LogP contribution in [0.5, 0.6) is 5.75 Å². The van der Waals surface area contributed by atoms with Gasteiger partial charge in [-0.05, 0) is 30.9 Å². The van der Waals surface area contributed by atoms with E-state index < -0.39 is 5.41 Å². The summed E-state index contributed by atoms with van der Waals surface area (Å²) in [6, 6.07) is 4.85. The van der Waals surface area contributed by atoms with Crippen LogP contribution in [-0.4, -0.2) is 35.9 Å². The highest BCUT2D eigenvalue weighted by Crippen LogP contribution is 2.33. The standard InChI is InChI=1S/C18H26N4O4/c1-11(2)9-14(23)18(7-4-8-21-17(18)24)10-26-13-6-3-5-12(19)15(13)16(20)22-25/h3,5-6,11,25H,4,7-10,19H2,1-2H3,(H2,20,22)(H,21,24). The molecule has 8 heteroatoms. The molecule has 1 heterocycles. The summed E-state index contributed by atoms with van der Waals surface area (Å²) in [6.07, 6.45) is 1.41. The quantitative estimate of drug-likeness (QED) is 0.144. The molecule has 1 aliphatic heterocycles. The highest BCUT2D eigenvalue weighted by Gasteiger charge is 2.47. The van der Waals surface area contributed by atoms with Crippen molar-refractivity contribution in [2.75, 3.05) is 18.9 Å². The number of anilines is 1. The van der Waals surface area contributed by atoms with Crippen LogP contribution in [0.1, 0.15) is 38.7 Å². The van der Waals surface area contributed by atoms with E-state index >= 15 is 0 Å². The molecule has 6 N–H and O–H groups in total. The number of rotatable bonds is 7. The first kappa shape index (κ1) is 19.6. The predicted molar refractivity (Wildman–Crippen MR) is 98.0 cm³/mol. The van der Waals surface area contributed by atoms with E-state index in [1.165, 1.54) is 0 Å². The number of nitrogens with zero attached hydrogens (tertiary/aromatic N) is 1. The summed E-state index contributed by atoms with van der Waals surface area (Å²) in [5.41, 5.74) is 10.8. The van der Waals surface area contributed by atoms with Crippen molar-refractivity contribution in [3.05, 3.63) is 23.8 Å². The molecule has 1 unspecified atom stereocenters. The van der Waals surface area contributed by atoms with Gasteiger partial charge in [-0.1, -0.05) is 25.1 Å². The monoisotopic (exact) mass is 362 g/mol. The van der Waals surface area contributed by atoms with Crippen molar-refractivity contribution in [1.29, 1.82) is 0 Å². The van der Waals surface area contributed by atoms with Crippen molar-refractivity contribution in [3.63, 3.8) is 0 Å². The Bertz CT molecular complexity index is 717. The summed E-state index contributed by atoms with van der Waals surface area (Å²) in [5.74, 6) is -0.263. The minimum absolute atomic E-state index is 0.125. The number of nitrogen functional groups attached to an aromatic ring is 1. The number of nitrogens with one attached hydrogen (secondary N) is 1. The van der Waals surface area contributed by atoms with Gasteiger partial charge >= 0.3 is 0 Å². The number of amidine groups is 1. The number of nitrogens with two attached hydrogens (primary N) is 2. The Balaban J connectivity index is 2.33. The van der Waals surface area contributed by atoms with Crippen molar-refractivity contribution in [2.24, 2.45) is 22.2 Å². The van der Waals surface area contributed by atoms with Gasteiger partial charge in [0.25, 0.3) is 0 Å². The number of piperidine rings is 1. The number of hydrogen-bond acceptors (Lipinski definition) is 6. The van der Waals surface area contributed by atoms with Gasteiger partial charge in [-0.3, -0.25) is 9.59 Å². The molecule has 1 atom stereocenters. The van der Waals surface area contributed by atoms with Gasteiger partial charge in [0.05, 0.1) is 5.56 Å². The van der Waals surface area contributed by atoms with Crippen LogP contribution in [0, 0.1) is 11.3 Å². The Hall–Kier alpha value is -2.77. The average Bonchev–Trinajstić information content (AvgIpc) is 2.60. The van der Waals surface area contributed by atoms with Crippen molar-refractivity contribution < 1.29 is 19.5 Å². The first-order chi connectivity index (χ1) is 12.3. The van der Waals surface area contributed by atoms with Crippen LogP contribution in [0.4, 0.5) is 5.69 Å². The molecule has 0 bridgehead atoms. The molecule has 0 radical (unpaired) electrons. The third kappa shape index (κ3) is 3.89. The molecule has 1 aromatic rings. The van der Waals surface area contributed by atoms with Gasteiger partial charge in [0.2, 0.25) is 5.91 Å². The highest BCUT2D eigenvalue weighted by atomic mass is 16.5. The first-order valence-electron chi connectivity index (χ1n) is 8.62. The molecule has 0 aromatic heterocycles. The highest BCUT2D eigenvalue weighted by molar-refractivity contribution is 6.07. The van der Waals surface area contributed by atoms with Crippen molar-refractivity contribution in [3.8, 4) is 5.75 Å². The van der Waals surface area contributed by atoms with Gasteiger partial charge in [0.15, 0.2) is 11.6 Å². The number of amides is 1. The summed E-state index contributed by atoms with van der Waals surface area (Å²) in [4.78, 5) is 25.4. The van der Waals surface area contributed by atoms with Crippen LogP contribution in [-0.2, 0) is 9.59 Å². The molecule has 1 fully saturated rings. The van der Waals surface area contributed by atoms with Gasteiger partial charge in [-0.25, -0.2) is 0 Å². The van der Waals surface area contributed by atoms with E-state index in [0.717, 1.165) is 0 Å². The van der Waals surface area contributed by atoms with E-state index in [-0.39, 0.29) is 47.1 Å². The molecule has 1 aliphatic rings. The number of benzene rings is 1. The third-order valence-corrected chi connectivity index (χ3v) is 4.52. The van der Waals surface area contributed by atoms with E-state index in [9.17, 15) is 9.59 Å². The van der Waals surface area contributed by atoms with Crippen LogP contribution in [0.3, 0.4) is 0 Å². The smallest absolute Gasteiger partial charge is 0.237 e. The zero-order chi connectivity index (χ0) is 19.3. The van der Waals surface area contributed by atoms with Gasteiger partial charge in [-0.15, -0.1) is 0 Å². The molecule has 0 aliphatic carbocycles. The Morgan fingerprint density at radius 2 is 2.19 bits per heavy atom. The lowest BCUT2D eigenvalue weighted by Gasteiger charge is -2.35. The molecular weight excluding hydrogens is 336 g/mol. The van der Waals surface area contributed by atoms with E-state index in [1.54, 1.807) is 18.2 Å². The van der Waals surface area contributed by atoms with Crippen molar-refractivity contribution >= 4 is 23.2 Å². The molecule has 1 saturated heterocycles. The molecule has 0 spiro atoms. The number of oxime groups is 1. The number of ether oxygens (including phenoxy) is 1. The minimum atomic E-state index is -1.24. The second kappa shape index (κ2) is 8.07. The lowest BCUT2D eigenvalue weighted by Crippen LogP contribution is -2.54. The Kier molecular flexibility index (Phi) is 6.07. The first-order valence-corrected chi connectivity index (χ1v) is 8.62. The molecule has 142 valence electrons. The SMILES string of the molecule is CC(C)CC(=O)C1(COc2cccc(N)c2C(N)=NO)CCCNC1=O. The van der Waals surface area contributed by atoms with E-state index in [0.29, 0.717) is 25.8 Å². The molecule has 26 heavy (non-hydrogen) atoms. The Morgan fingerprint density at radius 1 is 1.46 bits per heavy atom. The maximum absolute atomic E-state index is 12.9. The number of hydrogen-bond donors (Lipinski definition) is 4. The van der Waals surface area contributed by atoms with Crippen LogP contribution >= 0.6 is 0 Å². The summed E-state index contributed by atoms with van der Waals surface area (Å²) in [5, 5.41) is 14.7. The zero-order valence-electron chi connectivity index (χ0n) is 15.1. The number of carbonyl (C=O) groups excluding carboxylic acids is 2. The predicted octanol–water partition coefficient (Wildman–Crippen LogP) is 1.25. The lowest BCUT2D eigenvalue weighted by atomic mass is 9.74. The minimum Gasteiger partial charge on any atom is -0.491 e. The van der Waals surface area contributed by atoms with Crippen LogP contribution in [0.15, 0.2) is 23.4 Å².